The van der Waals surface area contributed by atoms with Gasteiger partial charge in [-0.1, -0.05) is 0 Å². The average Bonchev–Trinajstić information content (AvgIpc) is 2.44. The number of amides is 2. The molecule has 3 atom stereocenters. The molecule has 1 saturated heterocycles. The van der Waals surface area contributed by atoms with Crippen LogP contribution in [0.15, 0.2) is 4.99 Å². The minimum absolute atomic E-state index is 0.191. The van der Waals surface area contributed by atoms with Crippen molar-refractivity contribution in [2.45, 2.75) is 24.9 Å². The zero-order valence-electron chi connectivity index (χ0n) is 7.96. The minimum atomic E-state index is -0.806. The molecule has 1 aliphatic rings. The zero-order chi connectivity index (χ0) is 11.4. The number of urea groups is 1. The van der Waals surface area contributed by atoms with Crippen molar-refractivity contribution in [3.63, 3.8) is 0 Å². The van der Waals surface area contributed by atoms with E-state index < -0.39 is 24.5 Å². The van der Waals surface area contributed by atoms with E-state index in [0.29, 0.717) is 0 Å². The fourth-order valence-corrected chi connectivity index (χ4v) is 1.27. The van der Waals surface area contributed by atoms with Crippen molar-refractivity contribution in [1.82, 2.24) is 5.32 Å². The lowest BCUT2D eigenvalue weighted by Gasteiger charge is -2.11. The highest BCUT2D eigenvalue weighted by atomic mass is 16.5. The van der Waals surface area contributed by atoms with Gasteiger partial charge in [0, 0.05) is 6.42 Å². The number of nitrogens with two attached hydrogens (primary N) is 2. The molecule has 7 N–H and O–H groups in total. The number of ether oxygens (including phenoxy) is 1. The minimum Gasteiger partial charge on any atom is -0.394 e. The van der Waals surface area contributed by atoms with Gasteiger partial charge >= 0.3 is 6.03 Å². The normalized spacial score (nSPS) is 29.9. The van der Waals surface area contributed by atoms with E-state index in [0.717, 1.165) is 0 Å². The van der Waals surface area contributed by atoms with Gasteiger partial charge in [-0.05, 0) is 0 Å². The Balaban J connectivity index is 2.42. The summed E-state index contributed by atoms with van der Waals surface area (Å²) in [6.07, 6.45) is -1.99. The largest absolute Gasteiger partial charge is 0.394 e. The van der Waals surface area contributed by atoms with E-state index in [2.05, 4.69) is 10.3 Å². The lowest BCUT2D eigenvalue weighted by molar-refractivity contribution is -0.0270. The van der Waals surface area contributed by atoms with Crippen molar-refractivity contribution in [3.8, 4) is 0 Å². The summed E-state index contributed by atoms with van der Waals surface area (Å²) in [5.74, 6) is -0.357. The average molecular weight is 218 g/mol. The summed E-state index contributed by atoms with van der Waals surface area (Å²) < 4.78 is 5.09. The Kier molecular flexibility index (Phi) is 3.83. The van der Waals surface area contributed by atoms with Crippen LogP contribution in [-0.4, -0.2) is 47.2 Å². The highest BCUT2D eigenvalue weighted by molar-refractivity contribution is 5.90. The van der Waals surface area contributed by atoms with Gasteiger partial charge in [0.25, 0.3) is 0 Å². The number of hydrogen-bond donors (Lipinski definition) is 5. The van der Waals surface area contributed by atoms with Gasteiger partial charge in [-0.2, -0.15) is 4.99 Å². The molecule has 0 aromatic heterocycles. The number of nitrogens with zero attached hydrogens (tertiary/aromatic N) is 1. The lowest BCUT2D eigenvalue weighted by atomic mass is 10.2. The van der Waals surface area contributed by atoms with E-state index in [-0.39, 0.29) is 19.0 Å². The molecule has 0 saturated carbocycles. The monoisotopic (exact) mass is 218 g/mol. The first-order valence-electron chi connectivity index (χ1n) is 4.37. The molecule has 0 spiro atoms. The van der Waals surface area contributed by atoms with Gasteiger partial charge < -0.3 is 31.7 Å². The van der Waals surface area contributed by atoms with Crippen LogP contribution in [0.5, 0.6) is 0 Å². The first-order valence-corrected chi connectivity index (χ1v) is 4.37. The van der Waals surface area contributed by atoms with Gasteiger partial charge in [0.05, 0.1) is 12.7 Å². The number of nitrogens with one attached hydrogen (secondary N) is 1. The second-order valence-corrected chi connectivity index (χ2v) is 3.13. The van der Waals surface area contributed by atoms with Crippen molar-refractivity contribution >= 4 is 12.0 Å². The van der Waals surface area contributed by atoms with Crippen LogP contribution < -0.4 is 16.8 Å². The van der Waals surface area contributed by atoms with Gasteiger partial charge in [-0.3, -0.25) is 0 Å². The predicted octanol–water partition coefficient (Wildman–Crippen LogP) is -2.56. The molecular weight excluding hydrogens is 204 g/mol. The van der Waals surface area contributed by atoms with E-state index in [4.69, 9.17) is 21.3 Å². The Labute approximate surface area is 85.9 Å². The maximum absolute atomic E-state index is 11.0. The van der Waals surface area contributed by atoms with Crippen LogP contribution in [0.2, 0.25) is 0 Å². The van der Waals surface area contributed by atoms with E-state index in [9.17, 15) is 9.90 Å². The molecule has 0 aromatic carbocycles. The number of guanidine groups is 1. The smallest absolute Gasteiger partial charge is 0.346 e. The van der Waals surface area contributed by atoms with Crippen LogP contribution in [0, 0.1) is 0 Å². The quantitative estimate of drug-likeness (QED) is 0.255. The number of carbonyl (C=O) groups excluding carboxylic acids is 1. The predicted molar refractivity (Wildman–Crippen MR) is 50.7 cm³/mol. The third-order valence-corrected chi connectivity index (χ3v) is 1.92. The molecule has 2 amide bonds. The third kappa shape index (κ3) is 3.35. The fourth-order valence-electron chi connectivity index (χ4n) is 1.27. The fraction of sp³-hybridized carbons (Fsp3) is 0.714. The molecule has 0 aliphatic carbocycles. The highest BCUT2D eigenvalue weighted by Crippen LogP contribution is 2.18. The molecule has 86 valence electrons. The maximum atomic E-state index is 11.0. The molecule has 1 fully saturated rings. The number of aliphatic hydroxyl groups excluding tert-OH is 2. The SMILES string of the molecule is NC(N)=NC(=O)N[C@H]1C[C@H](O)[C@@H](CO)O1. The molecule has 8 heteroatoms. The molecule has 15 heavy (non-hydrogen) atoms. The van der Waals surface area contributed by atoms with Gasteiger partial charge in [0.15, 0.2) is 5.96 Å². The van der Waals surface area contributed by atoms with E-state index >= 15 is 0 Å². The Bertz CT molecular complexity index is 266. The second kappa shape index (κ2) is 4.91. The van der Waals surface area contributed by atoms with Crippen molar-refractivity contribution in [3.05, 3.63) is 0 Å². The number of carbonyl (C=O) groups is 1. The third-order valence-electron chi connectivity index (χ3n) is 1.92. The molecule has 0 radical (unpaired) electrons. The number of hydrogen-bond acceptors (Lipinski definition) is 4. The van der Waals surface area contributed by atoms with Gasteiger partial charge in [0.1, 0.15) is 12.3 Å². The van der Waals surface area contributed by atoms with E-state index in [1.54, 1.807) is 0 Å². The standard InChI is InChI=1S/C7H14N4O4/c8-6(9)11-7(14)10-5-1-3(13)4(2-12)15-5/h3-5,12-13H,1-2H2,(H5,8,9,10,11,14)/t3-,4+,5+/m0/s1. The summed E-state index contributed by atoms with van der Waals surface area (Å²) >= 11 is 0. The van der Waals surface area contributed by atoms with Crippen molar-refractivity contribution in [2.24, 2.45) is 16.5 Å². The summed E-state index contributed by atoms with van der Waals surface area (Å²) in [5.41, 5.74) is 9.97. The lowest BCUT2D eigenvalue weighted by Crippen LogP contribution is -2.35. The Morgan fingerprint density at radius 3 is 2.73 bits per heavy atom. The first kappa shape index (κ1) is 11.7. The molecule has 1 heterocycles. The van der Waals surface area contributed by atoms with E-state index in [1.807, 2.05) is 0 Å². The van der Waals surface area contributed by atoms with Crippen LogP contribution in [0.25, 0.3) is 0 Å². The molecule has 8 nitrogen and oxygen atoms in total. The zero-order valence-corrected chi connectivity index (χ0v) is 7.96. The topological polar surface area (TPSA) is 143 Å². The molecule has 0 unspecified atom stereocenters. The second-order valence-electron chi connectivity index (χ2n) is 3.13. The van der Waals surface area contributed by atoms with Gasteiger partial charge in [0.2, 0.25) is 0 Å². The molecule has 0 aromatic rings. The Hall–Kier alpha value is -1.38. The van der Waals surface area contributed by atoms with Crippen LogP contribution in [0.1, 0.15) is 6.42 Å². The highest BCUT2D eigenvalue weighted by Gasteiger charge is 2.34. The summed E-state index contributed by atoms with van der Waals surface area (Å²) in [7, 11) is 0. The summed E-state index contributed by atoms with van der Waals surface area (Å²) in [6, 6.07) is -0.745. The van der Waals surface area contributed by atoms with Crippen LogP contribution >= 0.6 is 0 Å². The molecule has 0 bridgehead atoms. The first-order chi connectivity index (χ1) is 7.02. The van der Waals surface area contributed by atoms with Crippen LogP contribution in [0.4, 0.5) is 4.79 Å². The maximum Gasteiger partial charge on any atom is 0.346 e. The molecular formula is C7H14N4O4. The van der Waals surface area contributed by atoms with Gasteiger partial charge in [-0.15, -0.1) is 0 Å². The summed E-state index contributed by atoms with van der Waals surface area (Å²) in [5, 5.41) is 20.4. The van der Waals surface area contributed by atoms with Crippen molar-refractivity contribution < 1.29 is 19.7 Å². The van der Waals surface area contributed by atoms with Gasteiger partial charge in [-0.25, -0.2) is 4.79 Å². The van der Waals surface area contributed by atoms with Crippen molar-refractivity contribution in [2.75, 3.05) is 6.61 Å². The summed E-state index contributed by atoms with van der Waals surface area (Å²) in [6.45, 7) is -0.310. The Morgan fingerprint density at radius 1 is 1.60 bits per heavy atom. The number of aliphatic hydroxyl groups is 2. The summed E-state index contributed by atoms with van der Waals surface area (Å²) in [4.78, 5) is 14.2. The Morgan fingerprint density at radius 2 is 2.27 bits per heavy atom. The van der Waals surface area contributed by atoms with Crippen molar-refractivity contribution in [1.29, 1.82) is 0 Å². The molecule has 1 rings (SSSR count). The number of rotatable bonds is 2. The number of aliphatic imine (C=N–C) groups is 1. The van der Waals surface area contributed by atoms with Crippen LogP contribution in [0.3, 0.4) is 0 Å². The van der Waals surface area contributed by atoms with Crippen LogP contribution in [-0.2, 0) is 4.74 Å². The van der Waals surface area contributed by atoms with E-state index in [1.165, 1.54) is 0 Å². The molecule has 1 aliphatic heterocycles.